The molecule has 0 bridgehead atoms. The summed E-state index contributed by atoms with van der Waals surface area (Å²) >= 11 is 0. The lowest BCUT2D eigenvalue weighted by molar-refractivity contribution is -0.137. The van der Waals surface area contributed by atoms with Gasteiger partial charge >= 0.3 is 0 Å². The van der Waals surface area contributed by atoms with Crippen molar-refractivity contribution < 1.29 is 18.7 Å². The van der Waals surface area contributed by atoms with Crippen molar-refractivity contribution in [3.8, 4) is 5.75 Å². The number of para-hydroxylation sites is 2. The zero-order valence-electron chi connectivity index (χ0n) is 17.2. The van der Waals surface area contributed by atoms with Gasteiger partial charge in [0.25, 0.3) is 11.8 Å². The normalized spacial score (nSPS) is 13.7. The number of methoxy groups -OCH3 is 1. The fourth-order valence-corrected chi connectivity index (χ4v) is 3.67. The maximum absolute atomic E-state index is 13.5. The number of nitrogens with zero attached hydrogens (tertiary/aromatic N) is 2. The smallest absolute Gasteiger partial charge is 0.278 e. The van der Waals surface area contributed by atoms with Crippen molar-refractivity contribution in [2.75, 3.05) is 19.1 Å². The van der Waals surface area contributed by atoms with Crippen LogP contribution in [0.3, 0.4) is 0 Å². The standard InChI is InChI=1S/C25H21FN2O3/c1-27(19-8-4-3-5-9-19)23-22(20-10-6-7-11-21(20)31-2)24(29)28(25(23)30)16-17-12-14-18(26)15-13-17/h3-15H,16H2,1-2H3. The van der Waals surface area contributed by atoms with Crippen LogP contribution in [0, 0.1) is 5.82 Å². The van der Waals surface area contributed by atoms with Gasteiger partial charge in [0.2, 0.25) is 0 Å². The van der Waals surface area contributed by atoms with Crippen molar-refractivity contribution in [3.63, 3.8) is 0 Å². The number of hydrogen-bond donors (Lipinski definition) is 0. The van der Waals surface area contributed by atoms with Crippen molar-refractivity contribution in [3.05, 3.63) is 102 Å². The Bertz CT molecular complexity index is 1160. The Labute approximate surface area is 180 Å². The average molecular weight is 416 g/mol. The van der Waals surface area contributed by atoms with E-state index >= 15 is 0 Å². The van der Waals surface area contributed by atoms with Crippen molar-refractivity contribution in [2.24, 2.45) is 0 Å². The van der Waals surface area contributed by atoms with Gasteiger partial charge in [-0.2, -0.15) is 0 Å². The Hall–Kier alpha value is -3.93. The van der Waals surface area contributed by atoms with Crippen LogP contribution in [-0.2, 0) is 16.1 Å². The summed E-state index contributed by atoms with van der Waals surface area (Å²) in [5.41, 5.74) is 2.52. The number of carbonyl (C=O) groups is 2. The highest BCUT2D eigenvalue weighted by Crippen LogP contribution is 2.37. The lowest BCUT2D eigenvalue weighted by Gasteiger charge is -2.21. The molecule has 3 aromatic rings. The summed E-state index contributed by atoms with van der Waals surface area (Å²) in [4.78, 5) is 29.9. The molecule has 1 aliphatic heterocycles. The van der Waals surface area contributed by atoms with E-state index in [-0.39, 0.29) is 23.6 Å². The number of halogens is 1. The van der Waals surface area contributed by atoms with E-state index in [1.807, 2.05) is 30.3 Å². The third-order valence-corrected chi connectivity index (χ3v) is 5.25. The Morgan fingerprint density at radius 3 is 2.19 bits per heavy atom. The van der Waals surface area contributed by atoms with E-state index in [4.69, 9.17) is 4.74 Å². The molecule has 0 N–H and O–H groups in total. The summed E-state index contributed by atoms with van der Waals surface area (Å²) < 4.78 is 18.8. The molecule has 0 saturated carbocycles. The van der Waals surface area contributed by atoms with Crippen LogP contribution in [0.1, 0.15) is 11.1 Å². The molecule has 31 heavy (non-hydrogen) atoms. The van der Waals surface area contributed by atoms with Gasteiger partial charge in [0.05, 0.1) is 19.2 Å². The van der Waals surface area contributed by atoms with E-state index in [2.05, 4.69) is 0 Å². The van der Waals surface area contributed by atoms with Gasteiger partial charge in [-0.3, -0.25) is 14.5 Å². The van der Waals surface area contributed by atoms with Gasteiger partial charge in [-0.15, -0.1) is 0 Å². The molecular formula is C25H21FN2O3. The third-order valence-electron chi connectivity index (χ3n) is 5.25. The predicted molar refractivity (Wildman–Crippen MR) is 117 cm³/mol. The van der Waals surface area contributed by atoms with E-state index in [9.17, 15) is 14.0 Å². The number of benzene rings is 3. The number of imide groups is 1. The van der Waals surface area contributed by atoms with Gasteiger partial charge in [-0.05, 0) is 35.9 Å². The molecule has 0 fully saturated rings. The Morgan fingerprint density at radius 2 is 1.52 bits per heavy atom. The molecular weight excluding hydrogens is 395 g/mol. The summed E-state index contributed by atoms with van der Waals surface area (Å²) in [6, 6.07) is 22.2. The zero-order valence-corrected chi connectivity index (χ0v) is 17.2. The number of hydrogen-bond acceptors (Lipinski definition) is 4. The van der Waals surface area contributed by atoms with Gasteiger partial charge < -0.3 is 9.64 Å². The molecule has 4 rings (SSSR count). The van der Waals surface area contributed by atoms with E-state index in [0.29, 0.717) is 16.9 Å². The van der Waals surface area contributed by atoms with Crippen LogP contribution < -0.4 is 9.64 Å². The Morgan fingerprint density at radius 1 is 0.871 bits per heavy atom. The highest BCUT2D eigenvalue weighted by molar-refractivity contribution is 6.37. The molecule has 3 aromatic carbocycles. The Kier molecular flexibility index (Phi) is 5.54. The number of ether oxygens (including phenoxy) is 1. The lowest BCUT2D eigenvalue weighted by atomic mass is 10.0. The van der Waals surface area contributed by atoms with Gasteiger partial charge in [0.15, 0.2) is 0 Å². The first-order chi connectivity index (χ1) is 15.0. The van der Waals surface area contributed by atoms with E-state index in [1.54, 1.807) is 48.3 Å². The van der Waals surface area contributed by atoms with Crippen LogP contribution in [0.4, 0.5) is 10.1 Å². The van der Waals surface area contributed by atoms with Crippen LogP contribution in [0.5, 0.6) is 5.75 Å². The number of amides is 2. The van der Waals surface area contributed by atoms with Gasteiger partial charge in [-0.25, -0.2) is 4.39 Å². The highest BCUT2D eigenvalue weighted by Gasteiger charge is 2.42. The van der Waals surface area contributed by atoms with Crippen molar-refractivity contribution in [2.45, 2.75) is 6.54 Å². The molecule has 0 radical (unpaired) electrons. The van der Waals surface area contributed by atoms with Crippen molar-refractivity contribution >= 4 is 23.1 Å². The van der Waals surface area contributed by atoms with Gasteiger partial charge in [-0.1, -0.05) is 48.5 Å². The first-order valence-electron chi connectivity index (χ1n) is 9.78. The second kappa shape index (κ2) is 8.44. The topological polar surface area (TPSA) is 49.9 Å². The summed E-state index contributed by atoms with van der Waals surface area (Å²) in [5.74, 6) is -0.709. The maximum atomic E-state index is 13.5. The molecule has 2 amide bonds. The van der Waals surface area contributed by atoms with Crippen LogP contribution in [0.2, 0.25) is 0 Å². The molecule has 0 spiro atoms. The van der Waals surface area contributed by atoms with Gasteiger partial charge in [0, 0.05) is 18.3 Å². The molecule has 156 valence electrons. The van der Waals surface area contributed by atoms with Crippen LogP contribution in [-0.4, -0.2) is 30.9 Å². The van der Waals surface area contributed by atoms with Crippen molar-refractivity contribution in [1.82, 2.24) is 4.90 Å². The molecule has 0 aliphatic carbocycles. The minimum absolute atomic E-state index is 0.0444. The summed E-state index contributed by atoms with van der Waals surface area (Å²) in [6.45, 7) is 0.0444. The highest BCUT2D eigenvalue weighted by atomic mass is 19.1. The first kappa shape index (κ1) is 20.3. The number of carbonyl (C=O) groups excluding carboxylic acids is 2. The predicted octanol–water partition coefficient (Wildman–Crippen LogP) is 4.25. The summed E-state index contributed by atoms with van der Waals surface area (Å²) in [7, 11) is 3.28. The van der Waals surface area contributed by atoms with E-state index in [1.165, 1.54) is 24.1 Å². The largest absolute Gasteiger partial charge is 0.496 e. The molecule has 0 saturated heterocycles. The summed E-state index contributed by atoms with van der Waals surface area (Å²) in [6.07, 6.45) is 0. The molecule has 6 heteroatoms. The lowest BCUT2D eigenvalue weighted by Crippen LogP contribution is -2.33. The second-order valence-electron chi connectivity index (χ2n) is 7.14. The molecule has 5 nitrogen and oxygen atoms in total. The first-order valence-corrected chi connectivity index (χ1v) is 9.78. The van der Waals surface area contributed by atoms with Crippen LogP contribution in [0.15, 0.2) is 84.6 Å². The number of likely N-dealkylation sites (N-methyl/N-ethyl adjacent to an activating group) is 1. The number of rotatable bonds is 6. The molecule has 1 heterocycles. The van der Waals surface area contributed by atoms with Crippen LogP contribution >= 0.6 is 0 Å². The Balaban J connectivity index is 1.82. The average Bonchev–Trinajstić information content (AvgIpc) is 3.05. The molecule has 0 unspecified atom stereocenters. The fraction of sp³-hybridized carbons (Fsp3) is 0.120. The van der Waals surface area contributed by atoms with E-state index < -0.39 is 11.8 Å². The number of anilines is 1. The minimum Gasteiger partial charge on any atom is -0.496 e. The van der Waals surface area contributed by atoms with Gasteiger partial charge in [0.1, 0.15) is 17.3 Å². The maximum Gasteiger partial charge on any atom is 0.278 e. The SMILES string of the molecule is COc1ccccc1C1=C(N(C)c2ccccc2)C(=O)N(Cc2ccc(F)cc2)C1=O. The third kappa shape index (κ3) is 3.80. The molecule has 0 aromatic heterocycles. The molecule has 1 aliphatic rings. The van der Waals surface area contributed by atoms with Crippen molar-refractivity contribution in [1.29, 1.82) is 0 Å². The quantitative estimate of drug-likeness (QED) is 0.564. The minimum atomic E-state index is -0.420. The summed E-state index contributed by atoms with van der Waals surface area (Å²) in [5, 5.41) is 0. The fourth-order valence-electron chi connectivity index (χ4n) is 3.67. The second-order valence-corrected chi connectivity index (χ2v) is 7.14. The monoisotopic (exact) mass is 416 g/mol. The zero-order chi connectivity index (χ0) is 22.0. The molecule has 0 atom stereocenters. The van der Waals surface area contributed by atoms with E-state index in [0.717, 1.165) is 5.69 Å². The van der Waals surface area contributed by atoms with Crippen LogP contribution in [0.25, 0.3) is 5.57 Å².